The predicted octanol–water partition coefficient (Wildman–Crippen LogP) is 9.02. The van der Waals surface area contributed by atoms with Crippen molar-refractivity contribution >= 4 is 40.7 Å². The second-order valence-electron chi connectivity index (χ2n) is 12.5. The molecule has 0 atom stereocenters. The van der Waals surface area contributed by atoms with Crippen molar-refractivity contribution in [3.63, 3.8) is 0 Å². The van der Waals surface area contributed by atoms with Crippen molar-refractivity contribution in [3.05, 3.63) is 122 Å². The van der Waals surface area contributed by atoms with Gasteiger partial charge in [-0.15, -0.1) is 0 Å². The minimum atomic E-state index is -0.426. The molecule has 7 heteroatoms. The number of halogens is 2. The summed E-state index contributed by atoms with van der Waals surface area (Å²) in [6.45, 7) is 11.6. The van der Waals surface area contributed by atoms with Gasteiger partial charge >= 0.3 is 0 Å². The molecule has 0 fully saturated rings. The molecule has 5 rings (SSSR count). The standard InChI is InChI=1S/C35H36Cl2N2O3/c1-21-16-27-28(35(4,5)15-14-34(27,2)3)19-22(21)18-25-11-13-31(42-25)33(41)39-30-9-7-6-8-26(30)32(40)38-20-23-17-24(36)10-12-29(23)37/h6-13,16-17,19H,14-15,18,20H2,1-5H3,(H,38,40)(H,39,41). The molecule has 4 aromatic rings. The minimum absolute atomic E-state index is 0.113. The number of furan rings is 1. The molecule has 5 nitrogen and oxygen atoms in total. The number of para-hydroxylation sites is 1. The second-order valence-corrected chi connectivity index (χ2v) is 13.3. The molecule has 1 heterocycles. The summed E-state index contributed by atoms with van der Waals surface area (Å²) in [5.74, 6) is 0.115. The van der Waals surface area contributed by atoms with Crippen LogP contribution in [0.3, 0.4) is 0 Å². The Balaban J connectivity index is 1.30. The highest BCUT2D eigenvalue weighted by Crippen LogP contribution is 2.46. The highest BCUT2D eigenvalue weighted by atomic mass is 35.5. The smallest absolute Gasteiger partial charge is 0.291 e. The van der Waals surface area contributed by atoms with E-state index in [1.165, 1.54) is 28.7 Å². The molecule has 0 aliphatic heterocycles. The van der Waals surface area contributed by atoms with Crippen LogP contribution in [-0.4, -0.2) is 11.8 Å². The number of hydrogen-bond donors (Lipinski definition) is 2. The number of carbonyl (C=O) groups is 2. The van der Waals surface area contributed by atoms with Crippen molar-refractivity contribution in [3.8, 4) is 0 Å². The summed E-state index contributed by atoms with van der Waals surface area (Å²) in [5, 5.41) is 6.72. The van der Waals surface area contributed by atoms with Gasteiger partial charge in [0.25, 0.3) is 11.8 Å². The Kier molecular flexibility index (Phi) is 8.28. The third-order valence-corrected chi connectivity index (χ3v) is 9.03. The third-order valence-electron chi connectivity index (χ3n) is 8.43. The summed E-state index contributed by atoms with van der Waals surface area (Å²) < 4.78 is 6.00. The van der Waals surface area contributed by atoms with Crippen molar-refractivity contribution in [1.29, 1.82) is 0 Å². The van der Waals surface area contributed by atoms with Gasteiger partial charge in [0.15, 0.2) is 5.76 Å². The quantitative estimate of drug-likeness (QED) is 0.222. The van der Waals surface area contributed by atoms with Gasteiger partial charge in [0, 0.05) is 23.0 Å². The molecule has 0 saturated heterocycles. The van der Waals surface area contributed by atoms with Gasteiger partial charge in [0.1, 0.15) is 5.76 Å². The molecule has 1 aliphatic carbocycles. The van der Waals surface area contributed by atoms with Gasteiger partial charge in [0.2, 0.25) is 0 Å². The predicted molar refractivity (Wildman–Crippen MR) is 170 cm³/mol. The number of nitrogens with one attached hydrogen (secondary N) is 2. The zero-order valence-electron chi connectivity index (χ0n) is 24.7. The summed E-state index contributed by atoms with van der Waals surface area (Å²) in [4.78, 5) is 26.2. The van der Waals surface area contributed by atoms with Crippen molar-refractivity contribution in [2.75, 3.05) is 5.32 Å². The minimum Gasteiger partial charge on any atom is -0.456 e. The van der Waals surface area contributed by atoms with Crippen LogP contribution in [0.4, 0.5) is 5.69 Å². The van der Waals surface area contributed by atoms with Crippen LogP contribution in [0.1, 0.15) is 95.0 Å². The fraction of sp³-hybridized carbons (Fsp3) is 0.314. The van der Waals surface area contributed by atoms with E-state index in [4.69, 9.17) is 27.6 Å². The van der Waals surface area contributed by atoms with Gasteiger partial charge in [-0.2, -0.15) is 0 Å². The number of fused-ring (bicyclic) bond motifs is 1. The maximum Gasteiger partial charge on any atom is 0.291 e. The number of amides is 2. The van der Waals surface area contributed by atoms with Crippen LogP contribution in [-0.2, 0) is 23.8 Å². The van der Waals surface area contributed by atoms with E-state index in [-0.39, 0.29) is 29.0 Å². The van der Waals surface area contributed by atoms with Crippen LogP contribution in [0.2, 0.25) is 10.0 Å². The van der Waals surface area contributed by atoms with E-state index in [0.717, 1.165) is 6.42 Å². The van der Waals surface area contributed by atoms with Crippen molar-refractivity contribution in [2.45, 2.75) is 71.3 Å². The molecule has 2 N–H and O–H groups in total. The molecule has 1 aromatic heterocycles. The zero-order valence-corrected chi connectivity index (χ0v) is 26.2. The lowest BCUT2D eigenvalue weighted by Crippen LogP contribution is -2.34. The highest BCUT2D eigenvalue weighted by molar-refractivity contribution is 6.33. The largest absolute Gasteiger partial charge is 0.456 e. The second kappa shape index (κ2) is 11.6. The number of benzene rings is 3. The SMILES string of the molecule is Cc1cc2c(cc1Cc1ccc(C(=O)Nc3ccccc3C(=O)NCc3cc(Cl)ccc3Cl)o1)C(C)(C)CCC2(C)C. The Hall–Kier alpha value is -3.54. The summed E-state index contributed by atoms with van der Waals surface area (Å²) >= 11 is 12.3. The van der Waals surface area contributed by atoms with Gasteiger partial charge < -0.3 is 15.1 Å². The lowest BCUT2D eigenvalue weighted by molar-refractivity contribution is 0.0951. The molecular formula is C35H36Cl2N2O3. The van der Waals surface area contributed by atoms with Crippen LogP contribution in [0, 0.1) is 6.92 Å². The molecule has 0 bridgehead atoms. The number of carbonyl (C=O) groups excluding carboxylic acids is 2. The molecule has 0 spiro atoms. The van der Waals surface area contributed by atoms with Crippen molar-refractivity contribution in [1.82, 2.24) is 5.32 Å². The normalized spacial score (nSPS) is 15.1. The average Bonchev–Trinajstić information content (AvgIpc) is 3.41. The Morgan fingerprint density at radius 1 is 0.833 bits per heavy atom. The Morgan fingerprint density at radius 3 is 2.26 bits per heavy atom. The maximum atomic E-state index is 13.2. The van der Waals surface area contributed by atoms with Crippen LogP contribution in [0.25, 0.3) is 0 Å². The van der Waals surface area contributed by atoms with Crippen LogP contribution in [0.15, 0.2) is 71.1 Å². The molecule has 0 saturated carbocycles. The topological polar surface area (TPSA) is 71.3 Å². The van der Waals surface area contributed by atoms with Gasteiger partial charge in [-0.05, 0) is 101 Å². The van der Waals surface area contributed by atoms with E-state index in [1.54, 1.807) is 48.5 Å². The van der Waals surface area contributed by atoms with Crippen LogP contribution < -0.4 is 10.6 Å². The van der Waals surface area contributed by atoms with Crippen molar-refractivity contribution < 1.29 is 14.0 Å². The molecule has 1 aliphatic rings. The van der Waals surface area contributed by atoms with Crippen molar-refractivity contribution in [2.24, 2.45) is 0 Å². The summed E-state index contributed by atoms with van der Waals surface area (Å²) in [5.41, 5.74) is 6.92. The first-order valence-electron chi connectivity index (χ1n) is 14.2. The number of rotatable bonds is 7. The molecular weight excluding hydrogens is 567 g/mol. The van der Waals surface area contributed by atoms with Gasteiger partial charge in [-0.1, -0.05) is 75.2 Å². The first-order valence-corrected chi connectivity index (χ1v) is 15.0. The first-order chi connectivity index (χ1) is 19.8. The highest BCUT2D eigenvalue weighted by Gasteiger charge is 2.37. The number of hydrogen-bond acceptors (Lipinski definition) is 3. The molecule has 2 amide bonds. The van der Waals surface area contributed by atoms with E-state index in [9.17, 15) is 9.59 Å². The zero-order chi connectivity index (χ0) is 30.2. The van der Waals surface area contributed by atoms with Crippen LogP contribution >= 0.6 is 23.2 Å². The monoisotopic (exact) mass is 602 g/mol. The van der Waals surface area contributed by atoms with E-state index in [1.807, 2.05) is 6.07 Å². The summed E-state index contributed by atoms with van der Waals surface area (Å²) in [7, 11) is 0. The number of aryl methyl sites for hydroxylation is 1. The maximum absolute atomic E-state index is 13.2. The first kappa shape index (κ1) is 29.9. The fourth-order valence-electron chi connectivity index (χ4n) is 5.66. The number of anilines is 1. The van der Waals surface area contributed by atoms with Crippen LogP contribution in [0.5, 0.6) is 0 Å². The molecule has 42 heavy (non-hydrogen) atoms. The van der Waals surface area contributed by atoms with Gasteiger partial charge in [-0.25, -0.2) is 0 Å². The lowest BCUT2D eigenvalue weighted by Gasteiger charge is -2.42. The fourth-order valence-corrected chi connectivity index (χ4v) is 6.04. The average molecular weight is 604 g/mol. The Bertz CT molecular complexity index is 1670. The Morgan fingerprint density at radius 2 is 1.52 bits per heavy atom. The molecule has 0 radical (unpaired) electrons. The van der Waals surface area contributed by atoms with E-state index >= 15 is 0 Å². The molecule has 0 unspecified atom stereocenters. The molecule has 3 aromatic carbocycles. The Labute approximate surface area is 257 Å². The van der Waals surface area contributed by atoms with E-state index in [2.05, 4.69) is 57.4 Å². The lowest BCUT2D eigenvalue weighted by atomic mass is 9.62. The van der Waals surface area contributed by atoms with E-state index in [0.29, 0.717) is 39.0 Å². The van der Waals surface area contributed by atoms with Gasteiger partial charge in [-0.3, -0.25) is 9.59 Å². The van der Waals surface area contributed by atoms with E-state index < -0.39 is 5.91 Å². The van der Waals surface area contributed by atoms with Gasteiger partial charge in [0.05, 0.1) is 11.3 Å². The summed E-state index contributed by atoms with van der Waals surface area (Å²) in [6.07, 6.45) is 2.91. The third kappa shape index (κ3) is 6.28. The molecule has 218 valence electrons. The summed E-state index contributed by atoms with van der Waals surface area (Å²) in [6, 6.07) is 20.1.